The van der Waals surface area contributed by atoms with Crippen LogP contribution in [-0.4, -0.2) is 33.4 Å². The molecule has 5 aliphatic rings. The van der Waals surface area contributed by atoms with Crippen LogP contribution in [0.25, 0.3) is 28.4 Å². The summed E-state index contributed by atoms with van der Waals surface area (Å²) in [6, 6.07) is 4.43. The number of aromatic amines is 1. The second-order valence-corrected chi connectivity index (χ2v) is 11.7. The van der Waals surface area contributed by atoms with Crippen molar-refractivity contribution in [2.75, 3.05) is 18.0 Å². The van der Waals surface area contributed by atoms with Crippen LogP contribution in [0.3, 0.4) is 0 Å². The van der Waals surface area contributed by atoms with Gasteiger partial charge in [-0.15, -0.1) is 0 Å². The van der Waals surface area contributed by atoms with Gasteiger partial charge in [0.25, 0.3) is 5.56 Å². The maximum absolute atomic E-state index is 14.0. The van der Waals surface area contributed by atoms with Gasteiger partial charge in [0.2, 0.25) is 16.3 Å². The summed E-state index contributed by atoms with van der Waals surface area (Å²) in [5.41, 5.74) is -5.14. The van der Waals surface area contributed by atoms with Crippen LogP contribution in [0.15, 0.2) is 60.4 Å². The highest BCUT2D eigenvalue weighted by molar-refractivity contribution is 5.94. The summed E-state index contributed by atoms with van der Waals surface area (Å²) in [5.74, 6) is -1.89. The first kappa shape index (κ1) is 27.6. The van der Waals surface area contributed by atoms with E-state index < -0.39 is 70.8 Å². The van der Waals surface area contributed by atoms with E-state index in [1.807, 2.05) is 13.0 Å². The fourth-order valence-corrected chi connectivity index (χ4v) is 7.36. The Labute approximate surface area is 247 Å². The molecule has 10 nitrogen and oxygen atoms in total. The largest absolute Gasteiger partial charge is 0.510 e. The normalized spacial score (nSPS) is 19.8. The SMILES string of the molecule is CC=CC=Cc1cc2cc3c(c(O)c2c(=O)[nH]1)[C@@]1(CC3)C(O)=c2c(=O)c3c(=O)cc(N4CCCCC4)c(=O)c=3c(=O)c2=C1O. The number of benzene rings is 1. The Kier molecular flexibility index (Phi) is 6.04. The number of allylic oxidation sites excluding steroid dienone is 3. The van der Waals surface area contributed by atoms with E-state index >= 15 is 0 Å². The van der Waals surface area contributed by atoms with Gasteiger partial charge >= 0.3 is 0 Å². The van der Waals surface area contributed by atoms with E-state index in [9.17, 15) is 39.3 Å². The first-order chi connectivity index (χ1) is 21.1. The van der Waals surface area contributed by atoms with Crippen LogP contribution in [0.4, 0.5) is 5.69 Å². The molecule has 7 rings (SSSR count). The first-order valence-corrected chi connectivity index (χ1v) is 14.6. The Balaban J connectivity index is 1.54. The summed E-state index contributed by atoms with van der Waals surface area (Å²) >= 11 is 0. The number of aromatic nitrogens is 1. The summed E-state index contributed by atoms with van der Waals surface area (Å²) in [6.45, 7) is 2.90. The molecule has 1 aromatic heterocycles. The van der Waals surface area contributed by atoms with Crippen LogP contribution < -0.4 is 42.6 Å². The third-order valence-electron chi connectivity index (χ3n) is 9.35. The quantitative estimate of drug-likeness (QED) is 0.255. The molecule has 2 heterocycles. The average molecular weight is 593 g/mol. The number of piperidine rings is 1. The molecule has 44 heavy (non-hydrogen) atoms. The van der Waals surface area contributed by atoms with Gasteiger partial charge in [-0.1, -0.05) is 24.3 Å². The summed E-state index contributed by atoms with van der Waals surface area (Å²) in [4.78, 5) is 72.3. The van der Waals surface area contributed by atoms with Gasteiger partial charge in [-0.05, 0) is 62.1 Å². The van der Waals surface area contributed by atoms with Gasteiger partial charge < -0.3 is 25.2 Å². The zero-order valence-corrected chi connectivity index (χ0v) is 23.8. The molecular formula is C34H28N2O8. The number of anilines is 1. The molecule has 4 N–H and O–H groups in total. The smallest absolute Gasteiger partial charge is 0.260 e. The molecule has 0 radical (unpaired) electrons. The number of pyridine rings is 1. The molecule has 1 aromatic carbocycles. The zero-order valence-electron chi connectivity index (χ0n) is 23.8. The lowest BCUT2D eigenvalue weighted by molar-refractivity contribution is 0.362. The number of phenols is 1. The van der Waals surface area contributed by atoms with Crippen LogP contribution in [0, 0.1) is 10.4 Å². The number of nitrogens with zero attached hydrogens (tertiary/aromatic N) is 1. The molecule has 2 aromatic rings. The summed E-state index contributed by atoms with van der Waals surface area (Å²) in [6.07, 6.45) is 9.83. The fraction of sp³-hybridized carbons (Fsp3) is 0.265. The van der Waals surface area contributed by atoms with Gasteiger partial charge in [0.15, 0.2) is 5.43 Å². The van der Waals surface area contributed by atoms with E-state index in [-0.39, 0.29) is 29.5 Å². The molecule has 0 bridgehead atoms. The maximum atomic E-state index is 14.0. The minimum atomic E-state index is -1.91. The number of aromatic hydroxyl groups is 1. The second-order valence-electron chi connectivity index (χ2n) is 11.7. The summed E-state index contributed by atoms with van der Waals surface area (Å²) < 4.78 is 0. The second kappa shape index (κ2) is 9.63. The molecule has 1 fully saturated rings. The predicted molar refractivity (Wildman–Crippen MR) is 167 cm³/mol. The van der Waals surface area contributed by atoms with E-state index in [1.54, 1.807) is 35.3 Å². The van der Waals surface area contributed by atoms with Crippen molar-refractivity contribution in [2.45, 2.75) is 44.4 Å². The van der Waals surface area contributed by atoms with Gasteiger partial charge in [-0.3, -0.25) is 24.0 Å². The zero-order chi connectivity index (χ0) is 31.1. The van der Waals surface area contributed by atoms with Gasteiger partial charge in [0.1, 0.15) is 22.7 Å². The van der Waals surface area contributed by atoms with Crippen LogP contribution in [0.1, 0.15) is 49.4 Å². The van der Waals surface area contributed by atoms with E-state index in [2.05, 4.69) is 4.98 Å². The van der Waals surface area contributed by atoms with Crippen LogP contribution in [-0.2, 0) is 11.8 Å². The number of aliphatic hydroxyl groups is 2. The first-order valence-electron chi connectivity index (χ1n) is 14.6. The van der Waals surface area contributed by atoms with Crippen molar-refractivity contribution in [2.24, 2.45) is 0 Å². The third-order valence-corrected chi connectivity index (χ3v) is 9.35. The van der Waals surface area contributed by atoms with Gasteiger partial charge in [-0.25, -0.2) is 0 Å². The van der Waals surface area contributed by atoms with Gasteiger partial charge in [-0.2, -0.15) is 0 Å². The van der Waals surface area contributed by atoms with Crippen molar-refractivity contribution in [3.8, 4) is 5.75 Å². The molecule has 0 amide bonds. The standard InChI is InChI=1S/C34H28N2O8/c1-2-3-5-8-18-14-17-13-16-9-10-34(26(16)30(41)21(17)33(44)35-18)31(42)24-25(32(34)43)29(40)23-22(28(24)39)20(37)15-19(27(23)38)36-11-6-4-7-12-36/h2-3,5,8,13-15,41-43H,4,6-7,9-12H2,1H3,(H,35,44)/t34-/m0/s1. The van der Waals surface area contributed by atoms with Crippen LogP contribution >= 0.6 is 0 Å². The van der Waals surface area contributed by atoms with Crippen molar-refractivity contribution in [1.82, 2.24) is 4.98 Å². The lowest BCUT2D eigenvalue weighted by Crippen LogP contribution is -2.52. The van der Waals surface area contributed by atoms with Crippen molar-refractivity contribution < 1.29 is 15.3 Å². The van der Waals surface area contributed by atoms with Crippen LogP contribution in [0.5, 0.6) is 5.75 Å². The Morgan fingerprint density at radius 2 is 1.50 bits per heavy atom. The minimum absolute atomic E-state index is 0.000430. The van der Waals surface area contributed by atoms with Crippen LogP contribution in [0.2, 0.25) is 0 Å². The number of fused-ring (bicyclic) bond motifs is 4. The highest BCUT2D eigenvalue weighted by Crippen LogP contribution is 2.54. The monoisotopic (exact) mass is 592 g/mol. The number of aliphatic hydroxyl groups excluding tert-OH is 2. The molecular weight excluding hydrogens is 564 g/mol. The average Bonchev–Trinajstić information content (AvgIpc) is 3.49. The topological polar surface area (TPSA) is 165 Å². The van der Waals surface area contributed by atoms with Crippen molar-refractivity contribution in [3.05, 3.63) is 125 Å². The Morgan fingerprint density at radius 3 is 2.18 bits per heavy atom. The summed E-state index contributed by atoms with van der Waals surface area (Å²) in [5, 5.41) is 32.9. The van der Waals surface area contributed by atoms with E-state index in [1.165, 1.54) is 0 Å². The molecule has 1 atom stereocenters. The Hall–Kier alpha value is -5.25. The lowest BCUT2D eigenvalue weighted by Gasteiger charge is -2.27. The molecule has 10 heteroatoms. The molecule has 1 aliphatic heterocycles. The van der Waals surface area contributed by atoms with Crippen molar-refractivity contribution in [3.63, 3.8) is 0 Å². The number of hydrogen-bond donors (Lipinski definition) is 4. The molecule has 1 saturated heterocycles. The highest BCUT2D eigenvalue weighted by Gasteiger charge is 2.53. The predicted octanol–water partition coefficient (Wildman–Crippen LogP) is 1.08. The van der Waals surface area contributed by atoms with Gasteiger partial charge in [0.05, 0.1) is 31.9 Å². The number of aryl methyl sites for hydroxylation is 1. The third kappa shape index (κ3) is 3.51. The molecule has 1 spiro atoms. The van der Waals surface area contributed by atoms with E-state index in [4.69, 9.17) is 0 Å². The number of phenolic OH excluding ortho intramolecular Hbond substituents is 1. The molecule has 0 saturated carbocycles. The molecule has 222 valence electrons. The van der Waals surface area contributed by atoms with Crippen molar-refractivity contribution in [1.29, 1.82) is 0 Å². The number of nitrogens with one attached hydrogen (secondary N) is 1. The van der Waals surface area contributed by atoms with Crippen molar-refractivity contribution >= 4 is 34.1 Å². The number of H-pyrrole nitrogens is 1. The Morgan fingerprint density at radius 1 is 0.818 bits per heavy atom. The molecule has 4 aliphatic carbocycles. The Bertz CT molecular complexity index is 2480. The highest BCUT2D eigenvalue weighted by atomic mass is 16.3. The minimum Gasteiger partial charge on any atom is -0.510 e. The maximum Gasteiger partial charge on any atom is 0.260 e. The van der Waals surface area contributed by atoms with Gasteiger partial charge in [0, 0.05) is 30.4 Å². The number of rotatable bonds is 3. The number of hydrogen-bond acceptors (Lipinski definition) is 9. The van der Waals surface area contributed by atoms with E-state index in [0.717, 1.165) is 25.3 Å². The van der Waals surface area contributed by atoms with E-state index in [0.29, 0.717) is 29.7 Å². The fourth-order valence-electron chi connectivity index (χ4n) is 7.36. The summed E-state index contributed by atoms with van der Waals surface area (Å²) in [7, 11) is 0. The lowest BCUT2D eigenvalue weighted by atomic mass is 9.78. The molecule has 0 unspecified atom stereocenters.